The Morgan fingerprint density at radius 1 is 1.24 bits per heavy atom. The van der Waals surface area contributed by atoms with Crippen molar-refractivity contribution in [2.75, 3.05) is 0 Å². The van der Waals surface area contributed by atoms with Gasteiger partial charge >= 0.3 is 0 Å². The zero-order valence-electron chi connectivity index (χ0n) is 12.0. The Kier molecular flexibility index (Phi) is 3.54. The first kappa shape index (κ1) is 14.5. The van der Waals surface area contributed by atoms with Crippen LogP contribution in [-0.4, -0.2) is 5.60 Å². The van der Waals surface area contributed by atoms with Crippen LogP contribution in [0.3, 0.4) is 0 Å². The highest BCUT2D eigenvalue weighted by atomic mass is 79.9. The minimum absolute atomic E-state index is 0.165. The number of hydrogen-bond acceptors (Lipinski definition) is 2. The first-order chi connectivity index (χ1) is 9.85. The fraction of sp³-hybridized carbons (Fsp3) is 0.294. The predicted octanol–water partition coefficient (Wildman–Crippen LogP) is 4.35. The molecule has 2 aromatic carbocycles. The second-order valence-electron chi connectivity index (χ2n) is 6.05. The van der Waals surface area contributed by atoms with Crippen molar-refractivity contribution in [3.05, 3.63) is 63.4 Å². The Bertz CT molecular complexity index is 699. The van der Waals surface area contributed by atoms with E-state index in [2.05, 4.69) is 35.8 Å². The standard InChI is InChI=1S/C17H17BrFNO/c1-17(2)9-11-7-10(3-6-15(11)21-17)16(20)13-5-4-12(19)8-14(13)18/h3-8,16H,9,20H2,1-2H3. The summed E-state index contributed by atoms with van der Waals surface area (Å²) in [5.74, 6) is 0.649. The molecule has 2 aromatic rings. The first-order valence-corrected chi connectivity index (χ1v) is 7.67. The average Bonchev–Trinajstić information content (AvgIpc) is 2.70. The van der Waals surface area contributed by atoms with Crippen LogP contribution >= 0.6 is 15.9 Å². The van der Waals surface area contributed by atoms with Crippen molar-refractivity contribution < 1.29 is 9.13 Å². The van der Waals surface area contributed by atoms with Gasteiger partial charge in [0, 0.05) is 10.9 Å². The van der Waals surface area contributed by atoms with E-state index < -0.39 is 0 Å². The highest BCUT2D eigenvalue weighted by Gasteiger charge is 2.30. The molecular weight excluding hydrogens is 333 g/mol. The van der Waals surface area contributed by atoms with Crippen LogP contribution in [-0.2, 0) is 6.42 Å². The summed E-state index contributed by atoms with van der Waals surface area (Å²) in [6.07, 6.45) is 0.869. The molecule has 0 bridgehead atoms. The van der Waals surface area contributed by atoms with Gasteiger partial charge in [0.2, 0.25) is 0 Å². The summed E-state index contributed by atoms with van der Waals surface area (Å²) in [5.41, 5.74) is 9.21. The van der Waals surface area contributed by atoms with Gasteiger partial charge in [-0.3, -0.25) is 0 Å². The van der Waals surface area contributed by atoms with Gasteiger partial charge in [-0.2, -0.15) is 0 Å². The van der Waals surface area contributed by atoms with Gasteiger partial charge in [-0.1, -0.05) is 34.1 Å². The molecule has 0 radical (unpaired) electrons. The van der Waals surface area contributed by atoms with Crippen LogP contribution in [0.25, 0.3) is 0 Å². The molecule has 21 heavy (non-hydrogen) atoms. The third-order valence-corrected chi connectivity index (χ3v) is 4.43. The minimum atomic E-state index is -0.297. The Balaban J connectivity index is 1.95. The van der Waals surface area contributed by atoms with Crippen LogP contribution in [0.1, 0.15) is 36.6 Å². The number of rotatable bonds is 2. The summed E-state index contributed by atoms with van der Waals surface area (Å²) in [6, 6.07) is 10.3. The van der Waals surface area contributed by atoms with E-state index in [0.717, 1.165) is 23.3 Å². The summed E-state index contributed by atoms with van der Waals surface area (Å²) in [6.45, 7) is 4.15. The maximum absolute atomic E-state index is 13.2. The van der Waals surface area contributed by atoms with Crippen molar-refractivity contribution in [1.82, 2.24) is 0 Å². The summed E-state index contributed by atoms with van der Waals surface area (Å²) in [7, 11) is 0. The van der Waals surface area contributed by atoms with Crippen LogP contribution < -0.4 is 10.5 Å². The Morgan fingerprint density at radius 3 is 2.71 bits per heavy atom. The Hall–Kier alpha value is -1.39. The molecule has 0 saturated carbocycles. The van der Waals surface area contributed by atoms with Crippen molar-refractivity contribution in [3.63, 3.8) is 0 Å². The second kappa shape index (κ2) is 5.11. The largest absolute Gasteiger partial charge is 0.487 e. The number of nitrogens with two attached hydrogens (primary N) is 1. The minimum Gasteiger partial charge on any atom is -0.487 e. The normalized spacial score (nSPS) is 17.2. The van der Waals surface area contributed by atoms with Gasteiger partial charge in [0.15, 0.2) is 0 Å². The zero-order chi connectivity index (χ0) is 15.2. The lowest BCUT2D eigenvalue weighted by Gasteiger charge is -2.16. The highest BCUT2D eigenvalue weighted by molar-refractivity contribution is 9.10. The monoisotopic (exact) mass is 349 g/mol. The summed E-state index contributed by atoms with van der Waals surface area (Å²) < 4.78 is 19.8. The molecule has 0 saturated heterocycles. The number of fused-ring (bicyclic) bond motifs is 1. The van der Waals surface area contributed by atoms with Gasteiger partial charge in [0.1, 0.15) is 17.2 Å². The highest BCUT2D eigenvalue weighted by Crippen LogP contribution is 2.37. The van der Waals surface area contributed by atoms with E-state index in [0.29, 0.717) is 4.47 Å². The molecular formula is C17H17BrFNO. The molecule has 0 spiro atoms. The molecule has 0 aliphatic carbocycles. The lowest BCUT2D eigenvalue weighted by molar-refractivity contribution is 0.138. The van der Waals surface area contributed by atoms with Gasteiger partial charge in [-0.15, -0.1) is 0 Å². The lowest BCUT2D eigenvalue weighted by atomic mass is 9.95. The molecule has 3 rings (SSSR count). The summed E-state index contributed by atoms with van der Waals surface area (Å²) >= 11 is 3.38. The van der Waals surface area contributed by atoms with Crippen LogP contribution in [0.2, 0.25) is 0 Å². The van der Waals surface area contributed by atoms with E-state index in [9.17, 15) is 4.39 Å². The topological polar surface area (TPSA) is 35.2 Å². The van der Waals surface area contributed by atoms with Crippen molar-refractivity contribution in [3.8, 4) is 5.75 Å². The molecule has 110 valence electrons. The van der Waals surface area contributed by atoms with Crippen molar-refractivity contribution in [1.29, 1.82) is 0 Å². The molecule has 1 aliphatic heterocycles. The fourth-order valence-corrected chi connectivity index (χ4v) is 3.35. The lowest BCUT2D eigenvalue weighted by Crippen LogP contribution is -2.24. The van der Waals surface area contributed by atoms with Crippen molar-refractivity contribution in [2.45, 2.75) is 31.9 Å². The number of hydrogen-bond donors (Lipinski definition) is 1. The molecule has 1 unspecified atom stereocenters. The van der Waals surface area contributed by atoms with E-state index in [1.807, 2.05) is 12.1 Å². The summed E-state index contributed by atoms with van der Waals surface area (Å²) in [4.78, 5) is 0. The molecule has 0 fully saturated rings. The van der Waals surface area contributed by atoms with Gasteiger partial charge < -0.3 is 10.5 Å². The molecule has 1 atom stereocenters. The molecule has 1 heterocycles. The maximum Gasteiger partial charge on any atom is 0.124 e. The maximum atomic E-state index is 13.2. The molecule has 0 aromatic heterocycles. The van der Waals surface area contributed by atoms with Crippen LogP contribution in [0, 0.1) is 5.82 Å². The molecule has 1 aliphatic rings. The number of ether oxygens (including phenoxy) is 1. The summed E-state index contributed by atoms with van der Waals surface area (Å²) in [5, 5.41) is 0. The van der Waals surface area contributed by atoms with Gasteiger partial charge in [-0.25, -0.2) is 4.39 Å². The van der Waals surface area contributed by atoms with Crippen molar-refractivity contribution >= 4 is 15.9 Å². The second-order valence-corrected chi connectivity index (χ2v) is 6.90. The SMILES string of the molecule is CC1(C)Cc2cc(C(N)c3ccc(F)cc3Br)ccc2O1. The van der Waals surface area contributed by atoms with E-state index in [1.54, 1.807) is 6.07 Å². The average molecular weight is 350 g/mol. The quantitative estimate of drug-likeness (QED) is 0.874. The molecule has 4 heteroatoms. The smallest absolute Gasteiger partial charge is 0.124 e. The van der Waals surface area contributed by atoms with Crippen LogP contribution in [0.5, 0.6) is 5.75 Å². The third kappa shape index (κ3) is 2.83. The Labute approximate surface area is 132 Å². The number of benzene rings is 2. The fourth-order valence-electron chi connectivity index (χ4n) is 2.76. The first-order valence-electron chi connectivity index (χ1n) is 6.88. The predicted molar refractivity (Wildman–Crippen MR) is 85.0 cm³/mol. The van der Waals surface area contributed by atoms with Gasteiger partial charge in [0.05, 0.1) is 6.04 Å². The van der Waals surface area contributed by atoms with E-state index in [1.165, 1.54) is 17.7 Å². The molecule has 2 N–H and O–H groups in total. The third-order valence-electron chi connectivity index (χ3n) is 3.74. The molecule has 2 nitrogen and oxygen atoms in total. The Morgan fingerprint density at radius 2 is 2.00 bits per heavy atom. The molecule has 0 amide bonds. The number of halogens is 2. The van der Waals surface area contributed by atoms with E-state index in [4.69, 9.17) is 10.5 Å². The van der Waals surface area contributed by atoms with Gasteiger partial charge in [-0.05, 0) is 48.7 Å². The zero-order valence-corrected chi connectivity index (χ0v) is 13.6. The van der Waals surface area contributed by atoms with Crippen LogP contribution in [0.4, 0.5) is 4.39 Å². The van der Waals surface area contributed by atoms with Gasteiger partial charge in [0.25, 0.3) is 0 Å². The van der Waals surface area contributed by atoms with Crippen molar-refractivity contribution in [2.24, 2.45) is 5.73 Å². The van der Waals surface area contributed by atoms with Crippen LogP contribution in [0.15, 0.2) is 40.9 Å². The van der Waals surface area contributed by atoms with E-state index >= 15 is 0 Å². The van der Waals surface area contributed by atoms with E-state index in [-0.39, 0.29) is 17.5 Å².